The van der Waals surface area contributed by atoms with E-state index in [1.807, 2.05) is 12.2 Å². The molecular weight excluding hydrogens is 254 g/mol. The fourth-order valence-corrected chi connectivity index (χ4v) is 3.20. The summed E-state index contributed by atoms with van der Waals surface area (Å²) in [6.07, 6.45) is 6.34. The third-order valence-electron chi connectivity index (χ3n) is 3.24. The van der Waals surface area contributed by atoms with E-state index in [0.29, 0.717) is 25.9 Å². The monoisotopic (exact) mass is 273 g/mol. The number of nitrogens with zero attached hydrogens (tertiary/aromatic N) is 1. The van der Waals surface area contributed by atoms with E-state index < -0.39 is 10.0 Å². The molecule has 102 valence electrons. The van der Waals surface area contributed by atoms with Crippen LogP contribution in [0.3, 0.4) is 0 Å². The first-order valence-corrected chi connectivity index (χ1v) is 8.01. The molecule has 1 atom stereocenters. The molecule has 0 aromatic carbocycles. The zero-order valence-electron chi connectivity index (χ0n) is 10.4. The van der Waals surface area contributed by atoms with Crippen LogP contribution in [0.25, 0.3) is 0 Å². The van der Waals surface area contributed by atoms with Crippen molar-refractivity contribution in [2.24, 2.45) is 0 Å². The van der Waals surface area contributed by atoms with Crippen molar-refractivity contribution in [3.8, 4) is 0 Å². The number of rotatable bonds is 3. The fourth-order valence-electron chi connectivity index (χ4n) is 2.35. The number of amides is 1. The lowest BCUT2D eigenvalue weighted by molar-refractivity contribution is -0.133. The Kier molecular flexibility index (Phi) is 4.04. The molecule has 2 aliphatic heterocycles. The molecule has 18 heavy (non-hydrogen) atoms. The van der Waals surface area contributed by atoms with Crippen LogP contribution in [-0.2, 0) is 14.8 Å². The number of carbonyl (C=O) groups is 1. The molecule has 1 saturated heterocycles. The van der Waals surface area contributed by atoms with Gasteiger partial charge in [0.05, 0.1) is 6.26 Å². The van der Waals surface area contributed by atoms with Crippen LogP contribution >= 0.6 is 0 Å². The summed E-state index contributed by atoms with van der Waals surface area (Å²) in [4.78, 5) is 13.9. The number of piperidine rings is 1. The normalized spacial score (nSPS) is 25.6. The van der Waals surface area contributed by atoms with Crippen molar-refractivity contribution >= 4 is 15.9 Å². The molecule has 1 amide bonds. The van der Waals surface area contributed by atoms with Gasteiger partial charge >= 0.3 is 0 Å². The van der Waals surface area contributed by atoms with E-state index in [2.05, 4.69) is 10.0 Å². The highest BCUT2D eigenvalue weighted by atomic mass is 32.2. The lowest BCUT2D eigenvalue weighted by atomic mass is 10.1. The molecule has 0 aromatic rings. The topological polar surface area (TPSA) is 78.5 Å². The number of carbonyl (C=O) groups excluding carboxylic acids is 1. The van der Waals surface area contributed by atoms with Crippen LogP contribution in [0.15, 0.2) is 12.2 Å². The Labute approximate surface area is 107 Å². The summed E-state index contributed by atoms with van der Waals surface area (Å²) in [6.45, 7) is 1.96. The second kappa shape index (κ2) is 5.38. The van der Waals surface area contributed by atoms with Crippen molar-refractivity contribution in [3.05, 3.63) is 12.2 Å². The molecule has 6 nitrogen and oxygen atoms in total. The third kappa shape index (κ3) is 3.54. The first kappa shape index (κ1) is 13.5. The van der Waals surface area contributed by atoms with Crippen LogP contribution in [0.1, 0.15) is 12.8 Å². The van der Waals surface area contributed by atoms with Gasteiger partial charge in [-0.25, -0.2) is 13.1 Å². The predicted molar refractivity (Wildman–Crippen MR) is 68.5 cm³/mol. The van der Waals surface area contributed by atoms with Gasteiger partial charge in [-0.2, -0.15) is 0 Å². The lowest BCUT2D eigenvalue weighted by Crippen LogP contribution is -2.50. The Morgan fingerprint density at radius 3 is 2.56 bits per heavy atom. The maximum absolute atomic E-state index is 12.1. The van der Waals surface area contributed by atoms with Gasteiger partial charge in [-0.15, -0.1) is 0 Å². The zero-order chi connectivity index (χ0) is 13.2. The van der Waals surface area contributed by atoms with Gasteiger partial charge < -0.3 is 4.90 Å². The molecule has 2 N–H and O–H groups in total. The average molecular weight is 273 g/mol. The predicted octanol–water partition coefficient (Wildman–Crippen LogP) is -0.945. The minimum Gasteiger partial charge on any atom is -0.341 e. The van der Waals surface area contributed by atoms with Crippen LogP contribution in [0.4, 0.5) is 0 Å². The number of hydrogen-bond acceptors (Lipinski definition) is 4. The van der Waals surface area contributed by atoms with Gasteiger partial charge in [0.25, 0.3) is 0 Å². The van der Waals surface area contributed by atoms with E-state index in [1.54, 1.807) is 4.90 Å². The van der Waals surface area contributed by atoms with Crippen molar-refractivity contribution in [3.63, 3.8) is 0 Å². The number of likely N-dealkylation sites (tertiary alicyclic amines) is 1. The summed E-state index contributed by atoms with van der Waals surface area (Å²) in [6, 6.07) is -0.249. The van der Waals surface area contributed by atoms with Crippen LogP contribution < -0.4 is 10.0 Å². The van der Waals surface area contributed by atoms with Gasteiger partial charge in [0, 0.05) is 25.7 Å². The Balaban J connectivity index is 1.83. The second-order valence-electron chi connectivity index (χ2n) is 4.80. The van der Waals surface area contributed by atoms with E-state index in [9.17, 15) is 13.2 Å². The van der Waals surface area contributed by atoms with Gasteiger partial charge in [-0.3, -0.25) is 10.1 Å². The zero-order valence-corrected chi connectivity index (χ0v) is 11.2. The molecule has 0 bridgehead atoms. The van der Waals surface area contributed by atoms with Crippen molar-refractivity contribution < 1.29 is 13.2 Å². The number of nitrogens with one attached hydrogen (secondary N) is 2. The summed E-state index contributed by atoms with van der Waals surface area (Å²) in [7, 11) is -3.15. The molecule has 0 aromatic heterocycles. The maximum Gasteiger partial charge on any atom is 0.243 e. The van der Waals surface area contributed by atoms with Gasteiger partial charge in [-0.1, -0.05) is 12.2 Å². The Bertz CT molecular complexity index is 438. The van der Waals surface area contributed by atoms with Gasteiger partial charge in [0.1, 0.15) is 6.04 Å². The van der Waals surface area contributed by atoms with E-state index in [1.165, 1.54) is 0 Å². The molecular formula is C11H19N3O3S. The van der Waals surface area contributed by atoms with E-state index in [4.69, 9.17) is 0 Å². The quantitative estimate of drug-likeness (QED) is 0.650. The molecule has 0 saturated carbocycles. The van der Waals surface area contributed by atoms with Gasteiger partial charge in [0.15, 0.2) is 0 Å². The van der Waals surface area contributed by atoms with Crippen molar-refractivity contribution in [1.82, 2.24) is 14.9 Å². The van der Waals surface area contributed by atoms with Crippen LogP contribution in [0.5, 0.6) is 0 Å². The third-order valence-corrected chi connectivity index (χ3v) is 4.00. The molecule has 1 fully saturated rings. The first-order valence-electron chi connectivity index (χ1n) is 6.12. The van der Waals surface area contributed by atoms with Crippen molar-refractivity contribution in [2.45, 2.75) is 24.9 Å². The van der Waals surface area contributed by atoms with Crippen LogP contribution in [0.2, 0.25) is 0 Å². The molecule has 7 heteroatoms. The SMILES string of the molecule is CS(=O)(=O)NC1CCN(C(=O)C2C=CCN2)CC1. The molecule has 0 radical (unpaired) electrons. The first-order chi connectivity index (χ1) is 8.46. The van der Waals surface area contributed by atoms with E-state index in [0.717, 1.165) is 12.8 Å². The summed E-state index contributed by atoms with van der Waals surface area (Å²) >= 11 is 0. The molecule has 1 unspecified atom stereocenters. The minimum absolute atomic E-state index is 0.0453. The molecule has 0 spiro atoms. The summed E-state index contributed by atoms with van der Waals surface area (Å²) in [5.41, 5.74) is 0. The van der Waals surface area contributed by atoms with E-state index in [-0.39, 0.29) is 18.0 Å². The summed E-state index contributed by atoms with van der Waals surface area (Å²) < 4.78 is 24.8. The van der Waals surface area contributed by atoms with Gasteiger partial charge in [0.2, 0.25) is 15.9 Å². The van der Waals surface area contributed by atoms with Crippen LogP contribution in [-0.4, -0.2) is 57.2 Å². The smallest absolute Gasteiger partial charge is 0.243 e. The largest absolute Gasteiger partial charge is 0.341 e. The Morgan fingerprint density at radius 1 is 1.39 bits per heavy atom. The molecule has 2 aliphatic rings. The number of sulfonamides is 1. The summed E-state index contributed by atoms with van der Waals surface area (Å²) in [5.74, 6) is 0.0848. The maximum atomic E-state index is 12.1. The van der Waals surface area contributed by atoms with E-state index >= 15 is 0 Å². The second-order valence-corrected chi connectivity index (χ2v) is 6.58. The molecule has 0 aliphatic carbocycles. The number of hydrogen-bond donors (Lipinski definition) is 2. The highest BCUT2D eigenvalue weighted by Crippen LogP contribution is 2.13. The molecule has 2 heterocycles. The molecule has 2 rings (SSSR count). The Morgan fingerprint density at radius 2 is 2.06 bits per heavy atom. The minimum atomic E-state index is -3.15. The Hall–Kier alpha value is -0.920. The lowest BCUT2D eigenvalue weighted by Gasteiger charge is -2.33. The van der Waals surface area contributed by atoms with Crippen molar-refractivity contribution in [1.29, 1.82) is 0 Å². The fraction of sp³-hybridized carbons (Fsp3) is 0.727. The van der Waals surface area contributed by atoms with Crippen molar-refractivity contribution in [2.75, 3.05) is 25.9 Å². The van der Waals surface area contributed by atoms with Gasteiger partial charge in [-0.05, 0) is 12.8 Å². The summed E-state index contributed by atoms with van der Waals surface area (Å²) in [5, 5.41) is 3.09. The average Bonchev–Trinajstić information content (AvgIpc) is 2.80. The van der Waals surface area contributed by atoms with Crippen LogP contribution in [0, 0.1) is 0 Å². The highest BCUT2D eigenvalue weighted by molar-refractivity contribution is 7.88. The highest BCUT2D eigenvalue weighted by Gasteiger charge is 2.28. The standard InChI is InChI=1S/C11H19N3O3S/c1-18(16,17)13-9-4-7-14(8-5-9)11(15)10-3-2-6-12-10/h2-3,9-10,12-13H,4-8H2,1H3.